The number of piperidine rings is 2. The van der Waals surface area contributed by atoms with E-state index in [0.717, 1.165) is 58.4 Å². The van der Waals surface area contributed by atoms with Crippen molar-refractivity contribution in [2.75, 3.05) is 32.7 Å². The minimum atomic E-state index is 0.161. The van der Waals surface area contributed by atoms with E-state index in [1.165, 1.54) is 18.4 Å². The average Bonchev–Trinajstić information content (AvgIpc) is 2.68. The number of carbonyl (C=O) groups is 1. The third-order valence-corrected chi connectivity index (χ3v) is 5.76. The molecule has 0 bridgehead atoms. The lowest BCUT2D eigenvalue weighted by atomic mass is 9.96. The van der Waals surface area contributed by atoms with Crippen LogP contribution in [0.25, 0.3) is 0 Å². The summed E-state index contributed by atoms with van der Waals surface area (Å²) < 4.78 is 0. The number of nitrogens with one attached hydrogen (secondary N) is 1. The zero-order valence-corrected chi connectivity index (χ0v) is 15.5. The van der Waals surface area contributed by atoms with Crippen molar-refractivity contribution in [2.45, 2.75) is 51.5 Å². The van der Waals surface area contributed by atoms with Gasteiger partial charge in [-0.25, -0.2) is 4.79 Å². The lowest BCUT2D eigenvalue weighted by Crippen LogP contribution is -2.51. The van der Waals surface area contributed by atoms with Gasteiger partial charge in [-0.3, -0.25) is 4.98 Å². The zero-order chi connectivity index (χ0) is 17.5. The lowest BCUT2D eigenvalue weighted by molar-refractivity contribution is 0.150. The molecular formula is C20H32N4O. The number of rotatable bonds is 5. The summed E-state index contributed by atoms with van der Waals surface area (Å²) in [5.41, 5.74) is 1.35. The van der Waals surface area contributed by atoms with Crippen molar-refractivity contribution >= 4 is 6.03 Å². The van der Waals surface area contributed by atoms with Crippen molar-refractivity contribution in [3.63, 3.8) is 0 Å². The van der Waals surface area contributed by atoms with Crippen LogP contribution in [0.4, 0.5) is 4.79 Å². The molecule has 5 heteroatoms. The second-order valence-corrected chi connectivity index (χ2v) is 7.53. The van der Waals surface area contributed by atoms with Crippen LogP contribution < -0.4 is 5.32 Å². The van der Waals surface area contributed by atoms with Gasteiger partial charge >= 0.3 is 6.03 Å². The van der Waals surface area contributed by atoms with Crippen LogP contribution >= 0.6 is 0 Å². The highest BCUT2D eigenvalue weighted by Gasteiger charge is 2.26. The molecule has 0 radical (unpaired) electrons. The van der Waals surface area contributed by atoms with Crippen LogP contribution in [0.1, 0.15) is 44.6 Å². The van der Waals surface area contributed by atoms with Gasteiger partial charge in [0, 0.05) is 51.2 Å². The molecular weight excluding hydrogens is 312 g/mol. The van der Waals surface area contributed by atoms with Gasteiger partial charge in [0.1, 0.15) is 0 Å². The third kappa shape index (κ3) is 5.43. The maximum atomic E-state index is 12.5. The Morgan fingerprint density at radius 2 is 1.96 bits per heavy atom. The molecule has 2 amide bonds. The van der Waals surface area contributed by atoms with E-state index in [2.05, 4.69) is 34.3 Å². The first-order valence-electron chi connectivity index (χ1n) is 9.91. The van der Waals surface area contributed by atoms with Crippen molar-refractivity contribution in [2.24, 2.45) is 5.92 Å². The minimum Gasteiger partial charge on any atom is -0.335 e. The SMILES string of the molecule is CC[C@@H]1CCCN(C(=O)NC2CCN(CCc3ccncc3)CC2)C1. The van der Waals surface area contributed by atoms with Gasteiger partial charge in [0.05, 0.1) is 0 Å². The molecule has 0 unspecified atom stereocenters. The molecule has 1 aromatic heterocycles. The number of amides is 2. The van der Waals surface area contributed by atoms with Crippen LogP contribution in [-0.2, 0) is 6.42 Å². The molecule has 2 saturated heterocycles. The summed E-state index contributed by atoms with van der Waals surface area (Å²) in [6, 6.07) is 4.68. The van der Waals surface area contributed by atoms with Crippen LogP contribution in [0.3, 0.4) is 0 Å². The number of hydrogen-bond acceptors (Lipinski definition) is 3. The third-order valence-electron chi connectivity index (χ3n) is 5.76. The van der Waals surface area contributed by atoms with Gasteiger partial charge in [-0.2, -0.15) is 0 Å². The summed E-state index contributed by atoms with van der Waals surface area (Å²) in [6.45, 7) is 7.34. The Morgan fingerprint density at radius 1 is 1.20 bits per heavy atom. The highest BCUT2D eigenvalue weighted by atomic mass is 16.2. The van der Waals surface area contributed by atoms with Crippen molar-refractivity contribution in [1.29, 1.82) is 0 Å². The Hall–Kier alpha value is -1.62. The molecule has 2 aliphatic heterocycles. The van der Waals surface area contributed by atoms with E-state index < -0.39 is 0 Å². The van der Waals surface area contributed by atoms with E-state index in [1.807, 2.05) is 17.3 Å². The maximum absolute atomic E-state index is 12.5. The van der Waals surface area contributed by atoms with Crippen LogP contribution in [-0.4, -0.2) is 59.6 Å². The topological polar surface area (TPSA) is 48.5 Å². The summed E-state index contributed by atoms with van der Waals surface area (Å²) in [7, 11) is 0. The number of nitrogens with zero attached hydrogens (tertiary/aromatic N) is 3. The zero-order valence-electron chi connectivity index (χ0n) is 15.5. The quantitative estimate of drug-likeness (QED) is 0.893. The van der Waals surface area contributed by atoms with Crippen LogP contribution in [0.15, 0.2) is 24.5 Å². The summed E-state index contributed by atoms with van der Waals surface area (Å²) in [5, 5.41) is 3.28. The average molecular weight is 345 g/mol. The fraction of sp³-hybridized carbons (Fsp3) is 0.700. The van der Waals surface area contributed by atoms with Crippen molar-refractivity contribution in [3.05, 3.63) is 30.1 Å². The molecule has 2 aliphatic rings. The van der Waals surface area contributed by atoms with Crippen molar-refractivity contribution in [1.82, 2.24) is 20.1 Å². The van der Waals surface area contributed by atoms with Gasteiger partial charge in [0.25, 0.3) is 0 Å². The molecule has 25 heavy (non-hydrogen) atoms. The Kier molecular flexibility index (Phi) is 6.68. The smallest absolute Gasteiger partial charge is 0.317 e. The number of aromatic nitrogens is 1. The van der Waals surface area contributed by atoms with E-state index in [0.29, 0.717) is 12.0 Å². The summed E-state index contributed by atoms with van der Waals surface area (Å²) in [5.74, 6) is 0.689. The van der Waals surface area contributed by atoms with Crippen molar-refractivity contribution in [3.8, 4) is 0 Å². The van der Waals surface area contributed by atoms with E-state index in [4.69, 9.17) is 0 Å². The molecule has 0 saturated carbocycles. The van der Waals surface area contributed by atoms with E-state index in [9.17, 15) is 4.79 Å². The lowest BCUT2D eigenvalue weighted by Gasteiger charge is -2.36. The molecule has 138 valence electrons. The molecule has 1 aromatic rings. The molecule has 1 atom stereocenters. The van der Waals surface area contributed by atoms with Gasteiger partial charge < -0.3 is 15.1 Å². The molecule has 0 aliphatic carbocycles. The summed E-state index contributed by atoms with van der Waals surface area (Å²) in [4.78, 5) is 21.1. The number of likely N-dealkylation sites (tertiary alicyclic amines) is 2. The first-order valence-corrected chi connectivity index (χ1v) is 9.91. The standard InChI is InChI=1S/C20H32N4O/c1-2-17-4-3-12-24(16-17)20(25)22-19-8-14-23(15-9-19)13-7-18-5-10-21-11-6-18/h5-6,10-11,17,19H,2-4,7-9,12-16H2,1H3,(H,22,25)/t17-/m1/s1. The second-order valence-electron chi connectivity index (χ2n) is 7.53. The Labute approximate surface area is 151 Å². The van der Waals surface area contributed by atoms with Crippen LogP contribution in [0.5, 0.6) is 0 Å². The monoisotopic (exact) mass is 344 g/mol. The Morgan fingerprint density at radius 3 is 2.68 bits per heavy atom. The van der Waals surface area contributed by atoms with Gasteiger partial charge in [-0.1, -0.05) is 13.3 Å². The van der Waals surface area contributed by atoms with Crippen molar-refractivity contribution < 1.29 is 4.79 Å². The van der Waals surface area contributed by atoms with E-state index in [-0.39, 0.29) is 6.03 Å². The number of carbonyl (C=O) groups excluding carboxylic acids is 1. The Balaban J connectivity index is 1.36. The molecule has 5 nitrogen and oxygen atoms in total. The molecule has 3 heterocycles. The highest BCUT2D eigenvalue weighted by molar-refractivity contribution is 5.74. The maximum Gasteiger partial charge on any atom is 0.317 e. The number of pyridine rings is 1. The number of hydrogen-bond donors (Lipinski definition) is 1. The van der Waals surface area contributed by atoms with Crippen LogP contribution in [0.2, 0.25) is 0 Å². The summed E-state index contributed by atoms with van der Waals surface area (Å²) in [6.07, 6.45) is 10.5. The molecule has 1 N–H and O–H groups in total. The highest BCUT2D eigenvalue weighted by Crippen LogP contribution is 2.19. The summed E-state index contributed by atoms with van der Waals surface area (Å²) >= 11 is 0. The van der Waals surface area contributed by atoms with E-state index >= 15 is 0 Å². The Bertz CT molecular complexity index is 528. The largest absolute Gasteiger partial charge is 0.335 e. The first-order chi connectivity index (χ1) is 12.2. The predicted molar refractivity (Wildman–Crippen MR) is 101 cm³/mol. The van der Waals surface area contributed by atoms with Gasteiger partial charge in [-0.15, -0.1) is 0 Å². The fourth-order valence-electron chi connectivity index (χ4n) is 3.99. The molecule has 0 aromatic carbocycles. The van der Waals surface area contributed by atoms with Gasteiger partial charge in [0.15, 0.2) is 0 Å². The van der Waals surface area contributed by atoms with Gasteiger partial charge in [0.2, 0.25) is 0 Å². The number of urea groups is 1. The first kappa shape index (κ1) is 18.2. The molecule has 0 spiro atoms. The minimum absolute atomic E-state index is 0.161. The van der Waals surface area contributed by atoms with Gasteiger partial charge in [-0.05, 0) is 55.7 Å². The second kappa shape index (κ2) is 9.18. The van der Waals surface area contributed by atoms with Crippen LogP contribution in [0, 0.1) is 5.92 Å². The fourth-order valence-corrected chi connectivity index (χ4v) is 3.99. The normalized spacial score (nSPS) is 22.8. The van der Waals surface area contributed by atoms with E-state index in [1.54, 1.807) is 0 Å². The molecule has 2 fully saturated rings. The predicted octanol–water partition coefficient (Wildman–Crippen LogP) is 2.92. The molecule has 3 rings (SSSR count).